The smallest absolute Gasteiger partial charge is 0.173 e. The Balaban J connectivity index is 1.53. The fourth-order valence-corrected chi connectivity index (χ4v) is 3.64. The molecule has 0 spiro atoms. The molecule has 0 radical (unpaired) electrons. The highest BCUT2D eigenvalue weighted by atomic mass is 32.1. The Morgan fingerprint density at radius 1 is 1.14 bits per heavy atom. The van der Waals surface area contributed by atoms with Crippen LogP contribution in [0.3, 0.4) is 0 Å². The summed E-state index contributed by atoms with van der Waals surface area (Å²) in [7, 11) is 3.26. The molecule has 8 heteroatoms. The number of hydrogen-bond donors (Lipinski definition) is 1. The van der Waals surface area contributed by atoms with E-state index in [9.17, 15) is 0 Å². The van der Waals surface area contributed by atoms with E-state index in [0.717, 1.165) is 55.8 Å². The Labute approximate surface area is 172 Å². The number of rotatable bonds is 6. The molecule has 1 N–H and O–H groups in total. The highest BCUT2D eigenvalue weighted by Gasteiger charge is 2.20. The van der Waals surface area contributed by atoms with Crippen molar-refractivity contribution in [2.24, 2.45) is 0 Å². The number of ether oxygens (including phenoxy) is 2. The molecular formula is C20H29N5O2S. The van der Waals surface area contributed by atoms with Crippen LogP contribution in [0.1, 0.15) is 18.2 Å². The van der Waals surface area contributed by atoms with Gasteiger partial charge in [-0.25, -0.2) is 0 Å². The van der Waals surface area contributed by atoms with Crippen LogP contribution in [0.5, 0.6) is 11.5 Å². The maximum Gasteiger partial charge on any atom is 0.173 e. The van der Waals surface area contributed by atoms with Crippen molar-refractivity contribution < 1.29 is 9.47 Å². The molecule has 1 aliphatic heterocycles. The molecule has 0 bridgehead atoms. The number of benzene rings is 1. The SMILES string of the molecule is CCn1cc(CN2CCN(C(=S)Nc3ccc(OC)c(OC)c3)CC2)c(C)n1. The molecule has 0 atom stereocenters. The molecule has 0 unspecified atom stereocenters. The summed E-state index contributed by atoms with van der Waals surface area (Å²) in [6, 6.07) is 5.72. The zero-order valence-corrected chi connectivity index (χ0v) is 17.9. The van der Waals surface area contributed by atoms with Crippen LogP contribution < -0.4 is 14.8 Å². The molecule has 1 saturated heterocycles. The highest BCUT2D eigenvalue weighted by molar-refractivity contribution is 7.80. The molecular weight excluding hydrogens is 374 g/mol. The monoisotopic (exact) mass is 403 g/mol. The second-order valence-corrected chi connectivity index (χ2v) is 7.25. The van der Waals surface area contributed by atoms with E-state index in [4.69, 9.17) is 21.7 Å². The second kappa shape index (κ2) is 9.25. The fourth-order valence-electron chi connectivity index (χ4n) is 3.34. The molecule has 7 nitrogen and oxygen atoms in total. The van der Waals surface area contributed by atoms with Gasteiger partial charge >= 0.3 is 0 Å². The minimum atomic E-state index is 0.683. The van der Waals surface area contributed by atoms with Crippen LogP contribution in [0.2, 0.25) is 0 Å². The lowest BCUT2D eigenvalue weighted by Gasteiger charge is -2.36. The molecule has 3 rings (SSSR count). The molecule has 1 aliphatic rings. The maximum atomic E-state index is 5.62. The van der Waals surface area contributed by atoms with Gasteiger partial charge in [0.25, 0.3) is 0 Å². The number of aromatic nitrogens is 2. The van der Waals surface area contributed by atoms with Crippen LogP contribution in [0.25, 0.3) is 0 Å². The molecule has 0 aliphatic carbocycles. The first kappa shape index (κ1) is 20.4. The van der Waals surface area contributed by atoms with Crippen LogP contribution in [0, 0.1) is 6.92 Å². The highest BCUT2D eigenvalue weighted by Crippen LogP contribution is 2.29. The Hall–Kier alpha value is -2.32. The number of hydrogen-bond acceptors (Lipinski definition) is 5. The molecule has 28 heavy (non-hydrogen) atoms. The summed E-state index contributed by atoms with van der Waals surface area (Å²) in [5.74, 6) is 1.39. The van der Waals surface area contributed by atoms with Crippen molar-refractivity contribution in [1.29, 1.82) is 0 Å². The van der Waals surface area contributed by atoms with Crippen molar-refractivity contribution >= 4 is 23.0 Å². The lowest BCUT2D eigenvalue weighted by atomic mass is 10.2. The summed E-state index contributed by atoms with van der Waals surface area (Å²) in [5.41, 5.74) is 3.32. The zero-order valence-electron chi connectivity index (χ0n) is 17.1. The number of thiocarbonyl (C=S) groups is 1. The number of piperazine rings is 1. The van der Waals surface area contributed by atoms with Crippen molar-refractivity contribution in [2.45, 2.75) is 26.9 Å². The zero-order chi connectivity index (χ0) is 20.1. The Morgan fingerprint density at radius 2 is 1.86 bits per heavy atom. The Kier molecular flexibility index (Phi) is 6.74. The third kappa shape index (κ3) is 4.74. The van der Waals surface area contributed by atoms with Crippen LogP contribution in [-0.2, 0) is 13.1 Å². The van der Waals surface area contributed by atoms with E-state index in [-0.39, 0.29) is 0 Å². The topological polar surface area (TPSA) is 54.8 Å². The van der Waals surface area contributed by atoms with Gasteiger partial charge < -0.3 is 19.7 Å². The largest absolute Gasteiger partial charge is 0.493 e. The molecule has 0 saturated carbocycles. The van der Waals surface area contributed by atoms with Gasteiger partial charge in [-0.15, -0.1) is 0 Å². The third-order valence-electron chi connectivity index (χ3n) is 5.06. The molecule has 1 fully saturated rings. The average Bonchev–Trinajstić information content (AvgIpc) is 3.07. The lowest BCUT2D eigenvalue weighted by molar-refractivity contribution is 0.176. The van der Waals surface area contributed by atoms with Gasteiger partial charge in [-0.3, -0.25) is 9.58 Å². The van der Waals surface area contributed by atoms with Crippen LogP contribution >= 0.6 is 12.2 Å². The van der Waals surface area contributed by atoms with E-state index >= 15 is 0 Å². The first-order chi connectivity index (χ1) is 13.5. The summed E-state index contributed by atoms with van der Waals surface area (Å²) in [6.07, 6.45) is 2.16. The normalized spacial score (nSPS) is 14.8. The van der Waals surface area contributed by atoms with Crippen molar-refractivity contribution in [3.63, 3.8) is 0 Å². The van der Waals surface area contributed by atoms with Gasteiger partial charge in [-0.2, -0.15) is 5.10 Å². The van der Waals surface area contributed by atoms with E-state index in [1.165, 1.54) is 5.56 Å². The van der Waals surface area contributed by atoms with Crippen LogP contribution in [-0.4, -0.2) is 65.1 Å². The summed E-state index contributed by atoms with van der Waals surface area (Å²) in [5, 5.41) is 8.59. The van der Waals surface area contributed by atoms with Gasteiger partial charge in [-0.05, 0) is 38.2 Å². The summed E-state index contributed by atoms with van der Waals surface area (Å²) >= 11 is 5.62. The maximum absolute atomic E-state index is 5.62. The van der Waals surface area contributed by atoms with Crippen LogP contribution in [0.15, 0.2) is 24.4 Å². The van der Waals surface area contributed by atoms with Gasteiger partial charge in [0, 0.05) is 62.8 Å². The van der Waals surface area contributed by atoms with E-state index in [1.807, 2.05) is 22.9 Å². The molecule has 152 valence electrons. The number of methoxy groups -OCH3 is 2. The number of anilines is 1. The molecule has 1 aromatic carbocycles. The van der Waals surface area contributed by atoms with Gasteiger partial charge in [0.2, 0.25) is 0 Å². The van der Waals surface area contributed by atoms with Crippen molar-refractivity contribution in [1.82, 2.24) is 19.6 Å². The third-order valence-corrected chi connectivity index (χ3v) is 5.42. The minimum Gasteiger partial charge on any atom is -0.493 e. The van der Waals surface area contributed by atoms with Crippen molar-refractivity contribution in [2.75, 3.05) is 45.7 Å². The predicted molar refractivity (Wildman–Crippen MR) is 115 cm³/mol. The fraction of sp³-hybridized carbons (Fsp3) is 0.500. The number of nitrogens with one attached hydrogen (secondary N) is 1. The van der Waals surface area contributed by atoms with Gasteiger partial charge in [0.1, 0.15) is 0 Å². The lowest BCUT2D eigenvalue weighted by Crippen LogP contribution is -2.49. The number of nitrogens with zero attached hydrogens (tertiary/aromatic N) is 4. The summed E-state index contributed by atoms with van der Waals surface area (Å²) < 4.78 is 12.6. The molecule has 2 aromatic rings. The number of aryl methyl sites for hydroxylation is 2. The van der Waals surface area contributed by atoms with Crippen molar-refractivity contribution in [3.8, 4) is 11.5 Å². The summed E-state index contributed by atoms with van der Waals surface area (Å²) in [6.45, 7) is 9.80. The first-order valence-corrected chi connectivity index (χ1v) is 9.98. The van der Waals surface area contributed by atoms with Gasteiger partial charge in [0.15, 0.2) is 16.6 Å². The van der Waals surface area contributed by atoms with Gasteiger partial charge in [0.05, 0.1) is 19.9 Å². The second-order valence-electron chi connectivity index (χ2n) is 6.86. The molecule has 1 aromatic heterocycles. The van der Waals surface area contributed by atoms with E-state index in [1.54, 1.807) is 14.2 Å². The van der Waals surface area contributed by atoms with Crippen molar-refractivity contribution in [3.05, 3.63) is 35.7 Å². The average molecular weight is 404 g/mol. The van der Waals surface area contributed by atoms with Crippen LogP contribution in [0.4, 0.5) is 5.69 Å². The predicted octanol–water partition coefficient (Wildman–Crippen LogP) is 2.74. The first-order valence-electron chi connectivity index (χ1n) is 9.57. The quantitative estimate of drug-likeness (QED) is 0.744. The van der Waals surface area contributed by atoms with Gasteiger partial charge in [-0.1, -0.05) is 0 Å². The van der Waals surface area contributed by atoms with E-state index in [0.29, 0.717) is 11.5 Å². The summed E-state index contributed by atoms with van der Waals surface area (Å²) in [4.78, 5) is 4.67. The molecule has 0 amide bonds. The minimum absolute atomic E-state index is 0.683. The molecule has 2 heterocycles. The Bertz CT molecular complexity index is 815. The van der Waals surface area contributed by atoms with E-state index < -0.39 is 0 Å². The van der Waals surface area contributed by atoms with E-state index in [2.05, 4.69) is 40.3 Å². The standard InChI is InChI=1S/C20H29N5O2S/c1-5-25-14-16(15(2)22-25)13-23-8-10-24(11-9-23)20(28)21-17-6-7-18(26-3)19(12-17)27-4/h6-7,12,14H,5,8-11,13H2,1-4H3,(H,21,28). The Morgan fingerprint density at radius 3 is 2.46 bits per heavy atom.